The molecule has 0 atom stereocenters. The fraction of sp³-hybridized carbons (Fsp3) is 0.361. The van der Waals surface area contributed by atoms with Gasteiger partial charge in [-0.05, 0) is 123 Å². The number of carboxylic acid groups (broad SMARTS) is 1. The zero-order valence-corrected chi connectivity index (χ0v) is 25.1. The summed E-state index contributed by atoms with van der Waals surface area (Å²) in [5.41, 5.74) is 5.20. The smallest absolute Gasteiger partial charge is 0.335 e. The zero-order chi connectivity index (χ0) is 28.9. The van der Waals surface area contributed by atoms with E-state index < -0.39 is 5.97 Å². The van der Waals surface area contributed by atoms with Crippen LogP contribution in [0.1, 0.15) is 60.0 Å². The summed E-state index contributed by atoms with van der Waals surface area (Å²) < 4.78 is 12.1. The summed E-state index contributed by atoms with van der Waals surface area (Å²) in [7, 11) is 1.70. The summed E-state index contributed by atoms with van der Waals surface area (Å²) in [6.45, 7) is 3.05. The molecule has 0 radical (unpaired) electrons. The van der Waals surface area contributed by atoms with Gasteiger partial charge in [-0.25, -0.2) is 4.79 Å². The highest BCUT2D eigenvalue weighted by atomic mass is 32.1. The normalized spacial score (nSPS) is 16.5. The highest BCUT2D eigenvalue weighted by molar-refractivity contribution is 7.19. The van der Waals surface area contributed by atoms with Crippen molar-refractivity contribution in [1.82, 2.24) is 4.90 Å². The van der Waals surface area contributed by atoms with Crippen LogP contribution in [0.15, 0.2) is 78.9 Å². The van der Waals surface area contributed by atoms with Crippen LogP contribution in [0.25, 0.3) is 20.9 Å². The molecule has 218 valence electrons. The molecular weight excluding hydrogens is 542 g/mol. The van der Waals surface area contributed by atoms with E-state index in [-0.39, 0.29) is 6.10 Å². The van der Waals surface area contributed by atoms with E-state index >= 15 is 0 Å². The molecule has 2 heterocycles. The third kappa shape index (κ3) is 6.71. The Morgan fingerprint density at radius 3 is 2.29 bits per heavy atom. The second kappa shape index (κ2) is 13.1. The molecule has 0 amide bonds. The molecule has 1 saturated carbocycles. The maximum Gasteiger partial charge on any atom is 0.335 e. The molecule has 1 N–H and O–H groups in total. The molecule has 1 aromatic heterocycles. The number of hydrogen-bond donors (Lipinski definition) is 1. The third-order valence-electron chi connectivity index (χ3n) is 8.72. The van der Waals surface area contributed by atoms with E-state index in [0.717, 1.165) is 67.4 Å². The number of thiophene rings is 1. The van der Waals surface area contributed by atoms with Crippen molar-refractivity contribution < 1.29 is 19.4 Å². The minimum Gasteiger partial charge on any atom is -0.493 e. The molecule has 5 nitrogen and oxygen atoms in total. The van der Waals surface area contributed by atoms with Gasteiger partial charge in [0.05, 0.1) is 18.8 Å². The molecular formula is C36H39NO4S. The highest BCUT2D eigenvalue weighted by Gasteiger charge is 2.23. The molecule has 42 heavy (non-hydrogen) atoms. The second-order valence-corrected chi connectivity index (χ2v) is 12.7. The average molecular weight is 582 g/mol. The van der Waals surface area contributed by atoms with Crippen LogP contribution in [0.3, 0.4) is 0 Å². The highest BCUT2D eigenvalue weighted by Crippen LogP contribution is 2.42. The van der Waals surface area contributed by atoms with Gasteiger partial charge >= 0.3 is 5.97 Å². The van der Waals surface area contributed by atoms with E-state index in [2.05, 4.69) is 53.4 Å². The molecule has 0 spiro atoms. The Morgan fingerprint density at radius 1 is 0.881 bits per heavy atom. The molecule has 4 aromatic rings. The number of nitrogens with zero attached hydrogens (tertiary/aromatic N) is 1. The number of methoxy groups -OCH3 is 1. The summed E-state index contributed by atoms with van der Waals surface area (Å²) in [6.07, 6.45) is 8.43. The lowest BCUT2D eigenvalue weighted by atomic mass is 9.90. The van der Waals surface area contributed by atoms with Crippen LogP contribution in [0.5, 0.6) is 11.5 Å². The first-order valence-corrected chi connectivity index (χ1v) is 15.9. The number of aromatic carboxylic acids is 1. The van der Waals surface area contributed by atoms with Gasteiger partial charge in [-0.3, -0.25) is 4.90 Å². The van der Waals surface area contributed by atoms with Crippen LogP contribution in [0.4, 0.5) is 0 Å². The van der Waals surface area contributed by atoms with Crippen LogP contribution < -0.4 is 9.47 Å². The van der Waals surface area contributed by atoms with Crippen molar-refractivity contribution in [2.24, 2.45) is 5.92 Å². The first-order chi connectivity index (χ1) is 20.6. The van der Waals surface area contributed by atoms with E-state index in [1.165, 1.54) is 46.6 Å². The van der Waals surface area contributed by atoms with Crippen molar-refractivity contribution >= 4 is 17.3 Å². The molecule has 6 rings (SSSR count). The molecule has 1 aliphatic carbocycles. The van der Waals surface area contributed by atoms with Crippen molar-refractivity contribution in [3.05, 3.63) is 95.6 Å². The molecule has 2 fully saturated rings. The first-order valence-electron chi connectivity index (χ1n) is 15.1. The van der Waals surface area contributed by atoms with Gasteiger partial charge in [0.25, 0.3) is 0 Å². The van der Waals surface area contributed by atoms with Gasteiger partial charge < -0.3 is 14.6 Å². The lowest BCUT2D eigenvalue weighted by Crippen LogP contribution is -2.33. The minimum atomic E-state index is -0.903. The molecule has 3 aromatic carbocycles. The van der Waals surface area contributed by atoms with Gasteiger partial charge in [-0.2, -0.15) is 0 Å². The van der Waals surface area contributed by atoms with Gasteiger partial charge in [0, 0.05) is 16.3 Å². The number of benzene rings is 3. The van der Waals surface area contributed by atoms with Crippen LogP contribution in [-0.4, -0.2) is 42.3 Å². The second-order valence-electron chi connectivity index (χ2n) is 11.6. The van der Waals surface area contributed by atoms with E-state index in [0.29, 0.717) is 5.56 Å². The third-order valence-corrected chi connectivity index (χ3v) is 9.99. The number of likely N-dealkylation sites (tertiary alicyclic amines) is 1. The molecule has 1 saturated heterocycles. The number of carbonyl (C=O) groups is 1. The summed E-state index contributed by atoms with van der Waals surface area (Å²) in [6, 6.07) is 26.7. The lowest BCUT2D eigenvalue weighted by molar-refractivity contribution is 0.0697. The van der Waals surface area contributed by atoms with Crippen molar-refractivity contribution in [3.63, 3.8) is 0 Å². The molecule has 0 unspecified atom stereocenters. The maximum atomic E-state index is 11.5. The maximum absolute atomic E-state index is 11.5. The number of ether oxygens (including phenoxy) is 2. The number of carboxylic acids is 1. The van der Waals surface area contributed by atoms with Crippen molar-refractivity contribution in [3.8, 4) is 32.4 Å². The Hall–Kier alpha value is -3.61. The Labute approximate surface area is 252 Å². The van der Waals surface area contributed by atoms with E-state index in [1.54, 1.807) is 30.6 Å². The van der Waals surface area contributed by atoms with Crippen LogP contribution in [-0.2, 0) is 13.0 Å². The fourth-order valence-corrected chi connectivity index (χ4v) is 7.52. The average Bonchev–Trinajstić information content (AvgIpc) is 3.69. The Morgan fingerprint density at radius 2 is 1.60 bits per heavy atom. The van der Waals surface area contributed by atoms with Gasteiger partial charge in [0.15, 0.2) is 11.5 Å². The monoisotopic (exact) mass is 581 g/mol. The van der Waals surface area contributed by atoms with Gasteiger partial charge in [-0.15, -0.1) is 11.3 Å². The van der Waals surface area contributed by atoms with Crippen LogP contribution in [0.2, 0.25) is 0 Å². The molecule has 1 aliphatic heterocycles. The Kier molecular flexibility index (Phi) is 8.92. The van der Waals surface area contributed by atoms with Crippen molar-refractivity contribution in [2.45, 2.75) is 57.6 Å². The molecule has 2 aliphatic rings. The van der Waals surface area contributed by atoms with Crippen LogP contribution >= 0.6 is 11.3 Å². The van der Waals surface area contributed by atoms with Crippen molar-refractivity contribution in [1.29, 1.82) is 0 Å². The number of rotatable bonds is 10. The largest absolute Gasteiger partial charge is 0.493 e. The lowest BCUT2D eigenvalue weighted by Gasteiger charge is -2.32. The van der Waals surface area contributed by atoms with E-state index in [1.807, 2.05) is 18.2 Å². The summed E-state index contributed by atoms with van der Waals surface area (Å²) in [5.74, 6) is 1.40. The topological polar surface area (TPSA) is 59.0 Å². The fourth-order valence-electron chi connectivity index (χ4n) is 6.34. The summed E-state index contributed by atoms with van der Waals surface area (Å²) >= 11 is 1.77. The standard InChI is InChI=1S/C36H39NO4S/c1-40-32-16-15-29(22-33(32)41-31-9-5-6-10-31)34-23-30(35(42-34)27-11-13-28(14-12-27)36(38)39)24-37-19-17-26(18-20-37)21-25-7-3-2-4-8-25/h2-4,7-8,11-16,22-23,26,31H,5-6,9-10,17-21,24H2,1H3,(H,38,39). The first kappa shape index (κ1) is 28.5. The molecule has 6 heteroatoms. The van der Waals surface area contributed by atoms with E-state index in [9.17, 15) is 9.90 Å². The van der Waals surface area contributed by atoms with E-state index in [4.69, 9.17) is 9.47 Å². The zero-order valence-electron chi connectivity index (χ0n) is 24.3. The number of piperidine rings is 1. The quantitative estimate of drug-likeness (QED) is 0.203. The van der Waals surface area contributed by atoms with Gasteiger partial charge in [-0.1, -0.05) is 42.5 Å². The van der Waals surface area contributed by atoms with Crippen LogP contribution in [0, 0.1) is 5.92 Å². The summed E-state index contributed by atoms with van der Waals surface area (Å²) in [4.78, 5) is 16.4. The molecule has 0 bridgehead atoms. The minimum absolute atomic E-state index is 0.251. The SMILES string of the molecule is COc1ccc(-c2cc(CN3CCC(Cc4ccccc4)CC3)c(-c3ccc(C(=O)O)cc3)s2)cc1OC1CCCC1. The summed E-state index contributed by atoms with van der Waals surface area (Å²) in [5, 5.41) is 9.43. The Bertz CT molecular complexity index is 1480. The van der Waals surface area contributed by atoms with Crippen molar-refractivity contribution in [2.75, 3.05) is 20.2 Å². The van der Waals surface area contributed by atoms with Gasteiger partial charge in [0.2, 0.25) is 0 Å². The van der Waals surface area contributed by atoms with Gasteiger partial charge in [0.1, 0.15) is 0 Å². The predicted molar refractivity (Wildman–Crippen MR) is 170 cm³/mol. The Balaban J connectivity index is 1.25. The number of hydrogen-bond acceptors (Lipinski definition) is 5. The predicted octanol–water partition coefficient (Wildman–Crippen LogP) is 8.57.